The lowest BCUT2D eigenvalue weighted by atomic mass is 10.0. The van der Waals surface area contributed by atoms with E-state index in [9.17, 15) is 19.1 Å². The van der Waals surface area contributed by atoms with Gasteiger partial charge in [-0.1, -0.05) is 13.3 Å². The lowest BCUT2D eigenvalue weighted by Gasteiger charge is -2.16. The number of aryl methyl sites for hydroxylation is 1. The lowest BCUT2D eigenvalue weighted by Crippen LogP contribution is -2.35. The summed E-state index contributed by atoms with van der Waals surface area (Å²) in [6.45, 7) is 2.11. The van der Waals surface area contributed by atoms with Crippen molar-refractivity contribution >= 4 is 34.1 Å². The zero-order chi connectivity index (χ0) is 27.6. The summed E-state index contributed by atoms with van der Waals surface area (Å²) in [5.74, 6) is -0.342. The molecule has 0 spiro atoms. The van der Waals surface area contributed by atoms with Gasteiger partial charge in [-0.25, -0.2) is 4.39 Å². The molecule has 1 aromatic heterocycles. The van der Waals surface area contributed by atoms with Gasteiger partial charge >= 0.3 is 0 Å². The molecule has 1 saturated carbocycles. The van der Waals surface area contributed by atoms with Crippen molar-refractivity contribution in [1.82, 2.24) is 4.98 Å². The summed E-state index contributed by atoms with van der Waals surface area (Å²) < 4.78 is 25.0. The third-order valence-corrected chi connectivity index (χ3v) is 6.79. The summed E-state index contributed by atoms with van der Waals surface area (Å²) in [5, 5.41) is 15.7. The van der Waals surface area contributed by atoms with E-state index in [0.717, 1.165) is 47.2 Å². The molecule has 2 amide bonds. The van der Waals surface area contributed by atoms with E-state index in [4.69, 9.17) is 9.47 Å². The van der Waals surface area contributed by atoms with Gasteiger partial charge in [-0.3, -0.25) is 14.6 Å². The largest absolute Gasteiger partial charge is 0.505 e. The average Bonchev–Trinajstić information content (AvgIpc) is 3.74. The maximum atomic E-state index is 13.3. The van der Waals surface area contributed by atoms with Crippen molar-refractivity contribution in [2.45, 2.75) is 32.6 Å². The first kappa shape index (κ1) is 26.0. The van der Waals surface area contributed by atoms with Crippen LogP contribution in [-0.4, -0.2) is 29.0 Å². The Labute approximate surface area is 224 Å². The van der Waals surface area contributed by atoms with E-state index in [1.807, 2.05) is 12.1 Å². The number of rotatable bonds is 9. The average molecular weight is 530 g/mol. The summed E-state index contributed by atoms with van der Waals surface area (Å²) >= 11 is 0. The van der Waals surface area contributed by atoms with Crippen molar-refractivity contribution in [3.8, 4) is 23.0 Å². The van der Waals surface area contributed by atoms with E-state index in [1.165, 1.54) is 6.07 Å². The molecule has 0 aliphatic heterocycles. The molecule has 8 nitrogen and oxygen atoms in total. The molecule has 9 heteroatoms. The van der Waals surface area contributed by atoms with Gasteiger partial charge in [0.25, 0.3) is 0 Å². The van der Waals surface area contributed by atoms with Gasteiger partial charge in [0.2, 0.25) is 11.8 Å². The zero-order valence-corrected chi connectivity index (χ0v) is 21.6. The summed E-state index contributed by atoms with van der Waals surface area (Å²) in [4.78, 5) is 30.3. The molecule has 0 unspecified atom stereocenters. The number of anilines is 2. The topological polar surface area (TPSA) is 110 Å². The highest BCUT2D eigenvalue weighted by Crippen LogP contribution is 2.47. The second-order valence-corrected chi connectivity index (χ2v) is 9.52. The third-order valence-electron chi connectivity index (χ3n) is 6.79. The molecule has 39 heavy (non-hydrogen) atoms. The number of benzene rings is 3. The molecule has 0 bridgehead atoms. The first-order valence-corrected chi connectivity index (χ1v) is 12.7. The summed E-state index contributed by atoms with van der Waals surface area (Å²) in [7, 11) is 1.65. The number of nitrogens with one attached hydrogen (secondary N) is 2. The number of hydrogen-bond donors (Lipinski definition) is 3. The summed E-state index contributed by atoms with van der Waals surface area (Å²) in [5.41, 5.74) is 1.41. The Balaban J connectivity index is 1.27. The number of carbonyl (C=O) groups excluding carboxylic acids is 2. The number of nitrogens with zero attached hydrogens (tertiary/aromatic N) is 1. The summed E-state index contributed by atoms with van der Waals surface area (Å²) in [6, 6.07) is 16.1. The van der Waals surface area contributed by atoms with E-state index >= 15 is 0 Å². The van der Waals surface area contributed by atoms with Crippen LogP contribution in [-0.2, 0) is 16.0 Å². The Bertz CT molecular complexity index is 1550. The van der Waals surface area contributed by atoms with Gasteiger partial charge in [0.05, 0.1) is 12.6 Å². The van der Waals surface area contributed by atoms with E-state index < -0.39 is 28.8 Å². The van der Waals surface area contributed by atoms with Crippen molar-refractivity contribution in [3.63, 3.8) is 0 Å². The minimum atomic E-state index is -1.22. The van der Waals surface area contributed by atoms with Gasteiger partial charge in [-0.15, -0.1) is 0 Å². The summed E-state index contributed by atoms with van der Waals surface area (Å²) in [6.07, 6.45) is 4.35. The van der Waals surface area contributed by atoms with Crippen LogP contribution in [0.3, 0.4) is 0 Å². The molecule has 1 heterocycles. The number of ether oxygens (including phenoxy) is 2. The number of phenolic OH excluding ortho intramolecular Hbond substituents is 1. The minimum absolute atomic E-state index is 0.210. The van der Waals surface area contributed by atoms with Gasteiger partial charge < -0.3 is 25.2 Å². The molecule has 1 fully saturated rings. The fourth-order valence-electron chi connectivity index (χ4n) is 4.44. The number of aromatic hydroxyl groups is 1. The van der Waals surface area contributed by atoms with Crippen molar-refractivity contribution in [1.29, 1.82) is 0 Å². The Morgan fingerprint density at radius 2 is 1.67 bits per heavy atom. The first-order valence-electron chi connectivity index (χ1n) is 12.7. The number of amides is 2. The molecule has 1 aliphatic carbocycles. The van der Waals surface area contributed by atoms with Gasteiger partial charge in [-0.2, -0.15) is 0 Å². The van der Waals surface area contributed by atoms with E-state index in [0.29, 0.717) is 30.0 Å². The fourth-order valence-corrected chi connectivity index (χ4v) is 4.44. The molecule has 1 aliphatic rings. The highest BCUT2D eigenvalue weighted by molar-refractivity contribution is 6.17. The maximum absolute atomic E-state index is 13.3. The van der Waals surface area contributed by atoms with Crippen LogP contribution in [0.2, 0.25) is 0 Å². The third kappa shape index (κ3) is 5.34. The number of fused-ring (bicyclic) bond motifs is 1. The van der Waals surface area contributed by atoms with Gasteiger partial charge in [0, 0.05) is 29.0 Å². The number of methoxy groups -OCH3 is 1. The smallest absolute Gasteiger partial charge is 0.240 e. The molecular formula is C30H28FN3O5. The molecular weight excluding hydrogens is 501 g/mol. The van der Waals surface area contributed by atoms with Crippen LogP contribution in [0.25, 0.3) is 10.9 Å². The number of halogens is 1. The minimum Gasteiger partial charge on any atom is -0.505 e. The van der Waals surface area contributed by atoms with Crippen LogP contribution in [0.5, 0.6) is 23.0 Å². The Kier molecular flexibility index (Phi) is 7.06. The maximum Gasteiger partial charge on any atom is 0.240 e. The normalized spacial score (nSPS) is 13.5. The van der Waals surface area contributed by atoms with Crippen LogP contribution < -0.4 is 20.1 Å². The van der Waals surface area contributed by atoms with Crippen molar-refractivity contribution in [2.75, 3.05) is 17.7 Å². The molecule has 3 N–H and O–H groups in total. The standard InChI is InChI=1S/C30H28FN3O5/c1-3-4-18-15-24-22(17-27(18)38-2)26(11-14-32-24)39-21-8-5-19(6-9-21)33-28(36)30(12-13-30)29(37)34-20-7-10-23(31)25(35)16-20/h5-11,14-17,35H,3-4,12-13H2,1-2H3,(H,33,36)(H,34,37). The van der Waals surface area contributed by atoms with E-state index in [1.54, 1.807) is 43.6 Å². The molecule has 0 radical (unpaired) electrons. The quantitative estimate of drug-likeness (QED) is 0.223. The van der Waals surface area contributed by atoms with Crippen LogP contribution in [0.4, 0.5) is 15.8 Å². The number of phenols is 1. The molecule has 5 rings (SSSR count). The van der Waals surface area contributed by atoms with E-state index in [2.05, 4.69) is 22.5 Å². The predicted molar refractivity (Wildman–Crippen MR) is 146 cm³/mol. The van der Waals surface area contributed by atoms with E-state index in [-0.39, 0.29) is 5.69 Å². The Morgan fingerprint density at radius 1 is 0.974 bits per heavy atom. The monoisotopic (exact) mass is 529 g/mol. The fraction of sp³-hybridized carbons (Fsp3) is 0.233. The van der Waals surface area contributed by atoms with Crippen molar-refractivity contribution in [2.24, 2.45) is 5.41 Å². The zero-order valence-electron chi connectivity index (χ0n) is 21.6. The highest BCUT2D eigenvalue weighted by atomic mass is 19.1. The molecule has 3 aromatic carbocycles. The van der Waals surface area contributed by atoms with Gasteiger partial charge in [-0.05, 0) is 79.4 Å². The van der Waals surface area contributed by atoms with Crippen LogP contribution >= 0.6 is 0 Å². The van der Waals surface area contributed by atoms with Crippen LogP contribution in [0.1, 0.15) is 31.7 Å². The molecule has 4 aromatic rings. The highest BCUT2D eigenvalue weighted by Gasteiger charge is 2.56. The number of carbonyl (C=O) groups is 2. The van der Waals surface area contributed by atoms with Crippen molar-refractivity contribution < 1.29 is 28.6 Å². The Hall–Kier alpha value is -4.66. The first-order chi connectivity index (χ1) is 18.8. The molecule has 0 atom stereocenters. The van der Waals surface area contributed by atoms with Gasteiger partial charge in [0.1, 0.15) is 22.7 Å². The number of aromatic nitrogens is 1. The van der Waals surface area contributed by atoms with Gasteiger partial charge in [0.15, 0.2) is 11.6 Å². The lowest BCUT2D eigenvalue weighted by molar-refractivity contribution is -0.131. The molecule has 0 saturated heterocycles. The number of hydrogen-bond acceptors (Lipinski definition) is 6. The van der Waals surface area contributed by atoms with Crippen LogP contribution in [0.15, 0.2) is 66.9 Å². The second-order valence-electron chi connectivity index (χ2n) is 9.52. The SMILES string of the molecule is CCCc1cc2nccc(Oc3ccc(NC(=O)C4(C(=O)Nc5ccc(F)c(O)c5)CC4)cc3)c2cc1OC. The molecule has 200 valence electrons. The van der Waals surface area contributed by atoms with Crippen LogP contribution in [0, 0.1) is 11.2 Å². The Morgan fingerprint density at radius 3 is 2.31 bits per heavy atom. The second kappa shape index (κ2) is 10.6. The predicted octanol–water partition coefficient (Wildman–Crippen LogP) is 6.19. The van der Waals surface area contributed by atoms with Crippen molar-refractivity contribution in [3.05, 3.63) is 78.2 Å². The number of pyridine rings is 1.